The molecule has 2 atom stereocenters. The van der Waals surface area contributed by atoms with E-state index in [2.05, 4.69) is 10.4 Å². The number of aliphatic hydroxyl groups excluding tert-OH is 1. The van der Waals surface area contributed by atoms with Gasteiger partial charge in [-0.15, -0.1) is 0 Å². The van der Waals surface area contributed by atoms with Crippen LogP contribution in [0.15, 0.2) is 70.5 Å². The van der Waals surface area contributed by atoms with Crippen molar-refractivity contribution in [3.63, 3.8) is 0 Å². The molecule has 18 heteroatoms. The number of morpholine rings is 1. The summed E-state index contributed by atoms with van der Waals surface area (Å²) in [6, 6.07) is 12.3. The maximum Gasteiger partial charge on any atom is 0.323 e. The van der Waals surface area contributed by atoms with Crippen LogP contribution in [0.25, 0.3) is 44.7 Å². The number of aryl methyl sites for hydroxylation is 2. The smallest absolute Gasteiger partial charge is 0.323 e. The van der Waals surface area contributed by atoms with Gasteiger partial charge in [-0.1, -0.05) is 59.6 Å². The number of hydrogen-bond acceptors (Lipinski definition) is 10. The fraction of sp³-hybridized carbons (Fsp3) is 0.316. The average Bonchev–Trinajstić information content (AvgIpc) is 3.79. The first-order valence-electron chi connectivity index (χ1n) is 17.8. The molecule has 7 rings (SSSR count). The fourth-order valence-corrected chi connectivity index (χ4v) is 7.68. The van der Waals surface area contributed by atoms with E-state index in [1.807, 2.05) is 29.2 Å². The number of aliphatic hydroxyl groups is 1. The number of aliphatic carboxylic acids is 2. The first kappa shape index (κ1) is 38.9. The molecule has 2 unspecified atom stereocenters. The van der Waals surface area contributed by atoms with Crippen LogP contribution < -0.4 is 16.4 Å². The molecule has 292 valence electrons. The van der Waals surface area contributed by atoms with E-state index in [1.54, 1.807) is 55.1 Å². The Morgan fingerprint density at radius 1 is 0.839 bits per heavy atom. The first-order chi connectivity index (χ1) is 26.9. The standard InChI is InChI=1S/C38H38Cl2N8O8/c1-21-17-47-30(35(50)45(21)10-9-41-29(19-49)37(52)53)15-27(42-47)25-7-3-5-23(33(25)39)24-6-4-8-26(34(24)40)28-16-31-36(51)46(22(2)18-48(31)43-28)12-11-44-13-14-56-20-32(44)38(54)55/h3-8,15-18,29,32,41,49H,9-14,19-20H2,1-2H3,(H,52,53)(H,54,55). The quantitative estimate of drug-likeness (QED) is 0.133. The minimum absolute atomic E-state index is 0.0955. The monoisotopic (exact) mass is 804 g/mol. The highest BCUT2D eigenvalue weighted by molar-refractivity contribution is 6.39. The number of halogens is 2. The number of ether oxygens (including phenoxy) is 1. The van der Waals surface area contributed by atoms with Crippen molar-refractivity contribution in [2.24, 2.45) is 0 Å². The molecule has 0 amide bonds. The molecule has 0 saturated carbocycles. The summed E-state index contributed by atoms with van der Waals surface area (Å²) in [5, 5.41) is 40.9. The van der Waals surface area contributed by atoms with Gasteiger partial charge in [-0.3, -0.25) is 24.1 Å². The summed E-state index contributed by atoms with van der Waals surface area (Å²) >= 11 is 14.2. The molecule has 56 heavy (non-hydrogen) atoms. The van der Waals surface area contributed by atoms with E-state index in [9.17, 15) is 34.5 Å². The summed E-state index contributed by atoms with van der Waals surface area (Å²) in [4.78, 5) is 52.1. The molecule has 0 spiro atoms. The fourth-order valence-electron chi connectivity index (χ4n) is 7.03. The van der Waals surface area contributed by atoms with Crippen LogP contribution in [0.3, 0.4) is 0 Å². The molecule has 5 heterocycles. The molecular weight excluding hydrogens is 767 g/mol. The van der Waals surface area contributed by atoms with Crippen molar-refractivity contribution in [2.75, 3.05) is 39.5 Å². The molecule has 1 saturated heterocycles. The second kappa shape index (κ2) is 16.0. The summed E-state index contributed by atoms with van der Waals surface area (Å²) in [7, 11) is 0. The molecular formula is C38H38Cl2N8O8. The molecule has 6 aromatic rings. The molecule has 0 bridgehead atoms. The third-order valence-electron chi connectivity index (χ3n) is 10.1. The molecule has 2 aromatic carbocycles. The molecule has 0 aliphatic carbocycles. The van der Waals surface area contributed by atoms with E-state index in [0.29, 0.717) is 80.3 Å². The Balaban J connectivity index is 1.17. The molecule has 1 aliphatic heterocycles. The second-order valence-corrected chi connectivity index (χ2v) is 14.3. The third-order valence-corrected chi connectivity index (χ3v) is 10.9. The van der Waals surface area contributed by atoms with Gasteiger partial charge in [0.25, 0.3) is 11.1 Å². The normalized spacial score (nSPS) is 15.5. The van der Waals surface area contributed by atoms with Gasteiger partial charge in [0.1, 0.15) is 23.1 Å². The Morgan fingerprint density at radius 2 is 1.36 bits per heavy atom. The molecule has 4 aromatic heterocycles. The number of benzene rings is 2. The number of aromatic nitrogens is 6. The Kier molecular flexibility index (Phi) is 11.1. The molecule has 1 fully saturated rings. The molecule has 16 nitrogen and oxygen atoms in total. The van der Waals surface area contributed by atoms with Crippen molar-refractivity contribution in [1.29, 1.82) is 0 Å². The van der Waals surface area contributed by atoms with Gasteiger partial charge < -0.3 is 34.5 Å². The minimum atomic E-state index is -1.19. The zero-order valence-corrected chi connectivity index (χ0v) is 31.9. The highest BCUT2D eigenvalue weighted by Gasteiger charge is 2.29. The van der Waals surface area contributed by atoms with Gasteiger partial charge in [0.05, 0.1) is 41.3 Å². The maximum absolute atomic E-state index is 13.7. The van der Waals surface area contributed by atoms with Crippen LogP contribution in [-0.2, 0) is 27.4 Å². The summed E-state index contributed by atoms with van der Waals surface area (Å²) in [6.07, 6.45) is 3.45. The zero-order chi connectivity index (χ0) is 39.8. The molecule has 0 radical (unpaired) electrons. The van der Waals surface area contributed by atoms with Crippen molar-refractivity contribution >= 4 is 46.2 Å². The van der Waals surface area contributed by atoms with Gasteiger partial charge in [0.2, 0.25) is 0 Å². The van der Waals surface area contributed by atoms with E-state index in [1.165, 1.54) is 13.6 Å². The predicted molar refractivity (Wildman–Crippen MR) is 209 cm³/mol. The van der Waals surface area contributed by atoms with Crippen LogP contribution in [0.4, 0.5) is 0 Å². The van der Waals surface area contributed by atoms with Gasteiger partial charge >= 0.3 is 11.9 Å². The zero-order valence-electron chi connectivity index (χ0n) is 30.4. The number of carboxylic acid groups (broad SMARTS) is 2. The third kappa shape index (κ3) is 7.34. The van der Waals surface area contributed by atoms with Crippen LogP contribution in [-0.4, -0.2) is 112 Å². The second-order valence-electron chi connectivity index (χ2n) is 13.5. The number of carbonyl (C=O) groups is 2. The Labute approximate surface area is 328 Å². The van der Waals surface area contributed by atoms with Crippen LogP contribution in [0.1, 0.15) is 11.4 Å². The van der Waals surface area contributed by atoms with Gasteiger partial charge in [0, 0.05) is 78.8 Å². The summed E-state index contributed by atoms with van der Waals surface area (Å²) < 4.78 is 11.5. The SMILES string of the molecule is Cc1cn2nc(-c3cccc(-c4cccc(-c5cc6c(=O)n(CCN7CCOCC7C(=O)O)c(C)cn6n5)c4Cl)c3Cl)cc2c(=O)n1CCNC(CO)C(=O)O. The summed E-state index contributed by atoms with van der Waals surface area (Å²) in [6.45, 7) is 4.90. The van der Waals surface area contributed by atoms with Crippen molar-refractivity contribution in [1.82, 2.24) is 38.6 Å². The van der Waals surface area contributed by atoms with Crippen LogP contribution in [0.5, 0.6) is 0 Å². The van der Waals surface area contributed by atoms with Crippen LogP contribution >= 0.6 is 23.2 Å². The summed E-state index contributed by atoms with van der Waals surface area (Å²) in [5.41, 5.74) is 4.53. The Bertz CT molecular complexity index is 2610. The van der Waals surface area contributed by atoms with Crippen LogP contribution in [0, 0.1) is 13.8 Å². The largest absolute Gasteiger partial charge is 0.480 e. The Morgan fingerprint density at radius 3 is 1.86 bits per heavy atom. The van der Waals surface area contributed by atoms with Gasteiger partial charge in [0.15, 0.2) is 0 Å². The summed E-state index contributed by atoms with van der Waals surface area (Å²) in [5.74, 6) is -2.15. The number of carboxylic acids is 2. The van der Waals surface area contributed by atoms with Gasteiger partial charge in [-0.25, -0.2) is 9.03 Å². The number of hydrogen-bond donors (Lipinski definition) is 4. The Hall–Kier alpha value is -5.36. The van der Waals surface area contributed by atoms with E-state index in [-0.39, 0.29) is 42.9 Å². The molecule has 1 aliphatic rings. The lowest BCUT2D eigenvalue weighted by Gasteiger charge is -2.32. The number of nitrogens with zero attached hydrogens (tertiary/aromatic N) is 7. The van der Waals surface area contributed by atoms with E-state index >= 15 is 0 Å². The minimum Gasteiger partial charge on any atom is -0.480 e. The van der Waals surface area contributed by atoms with Gasteiger partial charge in [-0.05, 0) is 26.0 Å². The number of fused-ring (bicyclic) bond motifs is 2. The van der Waals surface area contributed by atoms with E-state index in [4.69, 9.17) is 33.0 Å². The first-order valence-corrected chi connectivity index (χ1v) is 18.5. The van der Waals surface area contributed by atoms with Crippen LogP contribution in [0.2, 0.25) is 10.0 Å². The van der Waals surface area contributed by atoms with Crippen molar-refractivity contribution < 1.29 is 29.6 Å². The van der Waals surface area contributed by atoms with Crippen molar-refractivity contribution in [3.8, 4) is 33.6 Å². The van der Waals surface area contributed by atoms with E-state index < -0.39 is 30.6 Å². The highest BCUT2D eigenvalue weighted by Crippen LogP contribution is 2.42. The van der Waals surface area contributed by atoms with Crippen molar-refractivity contribution in [3.05, 3.63) is 103 Å². The van der Waals surface area contributed by atoms with Crippen molar-refractivity contribution in [2.45, 2.75) is 39.0 Å². The topological polar surface area (TPSA) is 198 Å². The number of rotatable bonds is 13. The van der Waals surface area contributed by atoms with E-state index in [0.717, 1.165) is 0 Å². The predicted octanol–water partition coefficient (Wildman–Crippen LogP) is 3.05. The maximum atomic E-state index is 13.7. The lowest BCUT2D eigenvalue weighted by Crippen LogP contribution is -2.51. The molecule has 4 N–H and O–H groups in total. The highest BCUT2D eigenvalue weighted by atomic mass is 35.5. The lowest BCUT2D eigenvalue weighted by molar-refractivity contribution is -0.149. The number of nitrogens with one attached hydrogen (secondary N) is 1. The lowest BCUT2D eigenvalue weighted by atomic mass is 9.98. The van der Waals surface area contributed by atoms with Gasteiger partial charge in [-0.2, -0.15) is 10.2 Å². The average molecular weight is 806 g/mol.